The van der Waals surface area contributed by atoms with E-state index < -0.39 is 10.0 Å². The van der Waals surface area contributed by atoms with Crippen LogP contribution in [0.4, 0.5) is 0 Å². The number of piperidine rings is 1. The van der Waals surface area contributed by atoms with Gasteiger partial charge in [-0.1, -0.05) is 6.92 Å². The second kappa shape index (κ2) is 6.57. The summed E-state index contributed by atoms with van der Waals surface area (Å²) < 4.78 is 24.9. The Hall–Kier alpha value is -0.130. The fourth-order valence-electron chi connectivity index (χ4n) is 1.92. The minimum absolute atomic E-state index is 0.175. The molecule has 0 saturated carbocycles. The van der Waals surface area contributed by atoms with Gasteiger partial charge in [-0.25, -0.2) is 13.1 Å². The van der Waals surface area contributed by atoms with Gasteiger partial charge in [0.2, 0.25) is 10.0 Å². The van der Waals surface area contributed by atoms with E-state index >= 15 is 0 Å². The summed E-state index contributed by atoms with van der Waals surface area (Å²) in [7, 11) is -3.00. The largest absolute Gasteiger partial charge is 0.303 e. The third-order valence-corrected chi connectivity index (χ3v) is 4.63. The van der Waals surface area contributed by atoms with Crippen molar-refractivity contribution in [1.82, 2.24) is 9.62 Å². The summed E-state index contributed by atoms with van der Waals surface area (Å²) in [4.78, 5) is 2.43. The Morgan fingerprint density at radius 3 is 2.50 bits per heavy atom. The Labute approximate surface area is 99.5 Å². The van der Waals surface area contributed by atoms with Crippen molar-refractivity contribution in [2.75, 3.05) is 31.9 Å². The summed E-state index contributed by atoms with van der Waals surface area (Å²) in [5.74, 6) is 1.03. The SMILES string of the molecule is CCS(=O)(=O)NCCCN1CCC(C)CC1. The third kappa shape index (κ3) is 5.27. The Bertz CT molecular complexity index is 282. The van der Waals surface area contributed by atoms with Crippen LogP contribution in [-0.4, -0.2) is 45.2 Å². The topological polar surface area (TPSA) is 49.4 Å². The van der Waals surface area contributed by atoms with Crippen LogP contribution in [0.1, 0.15) is 33.1 Å². The molecule has 5 heteroatoms. The number of rotatable bonds is 6. The smallest absolute Gasteiger partial charge is 0.211 e. The highest BCUT2D eigenvalue weighted by Gasteiger charge is 2.15. The van der Waals surface area contributed by atoms with Crippen LogP contribution in [0.3, 0.4) is 0 Å². The summed E-state index contributed by atoms with van der Waals surface area (Å²) >= 11 is 0. The number of likely N-dealkylation sites (tertiary alicyclic amines) is 1. The average Bonchev–Trinajstić information content (AvgIpc) is 2.27. The van der Waals surface area contributed by atoms with Gasteiger partial charge in [-0.05, 0) is 51.7 Å². The van der Waals surface area contributed by atoms with Gasteiger partial charge in [-0.2, -0.15) is 0 Å². The lowest BCUT2D eigenvalue weighted by molar-refractivity contribution is 0.191. The number of nitrogens with one attached hydrogen (secondary N) is 1. The van der Waals surface area contributed by atoms with E-state index in [9.17, 15) is 8.42 Å². The number of hydrogen-bond donors (Lipinski definition) is 1. The van der Waals surface area contributed by atoms with Crippen molar-refractivity contribution in [3.8, 4) is 0 Å². The Morgan fingerprint density at radius 1 is 1.31 bits per heavy atom. The van der Waals surface area contributed by atoms with Crippen molar-refractivity contribution in [2.24, 2.45) is 5.92 Å². The van der Waals surface area contributed by atoms with Crippen LogP contribution in [0.5, 0.6) is 0 Å². The number of hydrogen-bond acceptors (Lipinski definition) is 3. The molecule has 0 amide bonds. The predicted molar refractivity (Wildman–Crippen MR) is 66.9 cm³/mol. The summed E-state index contributed by atoms with van der Waals surface area (Å²) in [6.45, 7) is 7.88. The first-order valence-corrected chi connectivity index (χ1v) is 7.88. The molecule has 1 N–H and O–H groups in total. The van der Waals surface area contributed by atoms with Crippen molar-refractivity contribution in [1.29, 1.82) is 0 Å². The Morgan fingerprint density at radius 2 is 1.94 bits per heavy atom. The molecule has 4 nitrogen and oxygen atoms in total. The highest BCUT2D eigenvalue weighted by molar-refractivity contribution is 7.89. The number of sulfonamides is 1. The van der Waals surface area contributed by atoms with E-state index in [2.05, 4.69) is 16.5 Å². The van der Waals surface area contributed by atoms with Crippen molar-refractivity contribution in [3.63, 3.8) is 0 Å². The van der Waals surface area contributed by atoms with E-state index in [1.165, 1.54) is 25.9 Å². The van der Waals surface area contributed by atoms with Crippen LogP contribution in [-0.2, 0) is 10.0 Å². The highest BCUT2D eigenvalue weighted by Crippen LogP contribution is 2.15. The van der Waals surface area contributed by atoms with E-state index in [1.807, 2.05) is 0 Å². The lowest BCUT2D eigenvalue weighted by Crippen LogP contribution is -2.35. The molecule has 1 fully saturated rings. The highest BCUT2D eigenvalue weighted by atomic mass is 32.2. The standard InChI is InChI=1S/C11H24N2O2S/c1-3-16(14,15)12-7-4-8-13-9-5-11(2)6-10-13/h11-12H,3-10H2,1-2H3. The molecule has 16 heavy (non-hydrogen) atoms. The molecule has 0 aliphatic carbocycles. The van der Waals surface area contributed by atoms with E-state index in [0.29, 0.717) is 6.54 Å². The second-order valence-corrected chi connectivity index (χ2v) is 6.77. The molecule has 1 rings (SSSR count). The molecule has 1 heterocycles. The van der Waals surface area contributed by atoms with Gasteiger partial charge in [0.1, 0.15) is 0 Å². The molecule has 0 aromatic rings. The molecule has 0 aromatic carbocycles. The summed E-state index contributed by atoms with van der Waals surface area (Å²) in [5, 5.41) is 0. The zero-order chi connectivity index (χ0) is 12.0. The van der Waals surface area contributed by atoms with E-state index in [-0.39, 0.29) is 5.75 Å². The van der Waals surface area contributed by atoms with Crippen molar-refractivity contribution < 1.29 is 8.42 Å². The predicted octanol–water partition coefficient (Wildman–Crippen LogP) is 1.05. The summed E-state index contributed by atoms with van der Waals surface area (Å²) in [6.07, 6.45) is 3.47. The fourth-order valence-corrected chi connectivity index (χ4v) is 2.58. The molecular formula is C11H24N2O2S. The van der Waals surface area contributed by atoms with Gasteiger partial charge in [-0.3, -0.25) is 0 Å². The van der Waals surface area contributed by atoms with Gasteiger partial charge in [0.25, 0.3) is 0 Å². The lowest BCUT2D eigenvalue weighted by Gasteiger charge is -2.30. The lowest BCUT2D eigenvalue weighted by atomic mass is 9.99. The first-order valence-electron chi connectivity index (χ1n) is 6.23. The Kier molecular flexibility index (Phi) is 5.72. The molecule has 0 aromatic heterocycles. The summed E-state index contributed by atoms with van der Waals surface area (Å²) in [6, 6.07) is 0. The second-order valence-electron chi connectivity index (χ2n) is 4.68. The molecule has 1 aliphatic heterocycles. The van der Waals surface area contributed by atoms with Gasteiger partial charge in [0.15, 0.2) is 0 Å². The van der Waals surface area contributed by atoms with Crippen LogP contribution in [0.15, 0.2) is 0 Å². The average molecular weight is 248 g/mol. The van der Waals surface area contributed by atoms with E-state index in [4.69, 9.17) is 0 Å². The zero-order valence-corrected chi connectivity index (χ0v) is 11.2. The molecular weight excluding hydrogens is 224 g/mol. The minimum Gasteiger partial charge on any atom is -0.303 e. The fraction of sp³-hybridized carbons (Fsp3) is 1.00. The molecule has 1 saturated heterocycles. The van der Waals surface area contributed by atoms with Gasteiger partial charge < -0.3 is 4.90 Å². The Balaban J connectivity index is 2.08. The number of nitrogens with zero attached hydrogens (tertiary/aromatic N) is 1. The van der Waals surface area contributed by atoms with Gasteiger partial charge in [0, 0.05) is 6.54 Å². The van der Waals surface area contributed by atoms with Crippen LogP contribution in [0.25, 0.3) is 0 Å². The maximum atomic E-state index is 11.2. The summed E-state index contributed by atoms with van der Waals surface area (Å²) in [5.41, 5.74) is 0. The molecule has 0 atom stereocenters. The third-order valence-electron chi connectivity index (χ3n) is 3.23. The minimum atomic E-state index is -3.00. The van der Waals surface area contributed by atoms with Crippen molar-refractivity contribution in [2.45, 2.75) is 33.1 Å². The maximum absolute atomic E-state index is 11.2. The molecule has 0 unspecified atom stereocenters. The zero-order valence-electron chi connectivity index (χ0n) is 10.4. The first kappa shape index (κ1) is 13.9. The van der Waals surface area contributed by atoms with Gasteiger partial charge >= 0.3 is 0 Å². The van der Waals surface area contributed by atoms with Crippen LogP contribution in [0.2, 0.25) is 0 Å². The normalized spacial score (nSPS) is 20.1. The van der Waals surface area contributed by atoms with Crippen molar-refractivity contribution >= 4 is 10.0 Å². The van der Waals surface area contributed by atoms with Gasteiger partial charge in [-0.15, -0.1) is 0 Å². The molecule has 0 spiro atoms. The quantitative estimate of drug-likeness (QED) is 0.715. The van der Waals surface area contributed by atoms with Gasteiger partial charge in [0.05, 0.1) is 5.75 Å². The molecule has 0 radical (unpaired) electrons. The molecule has 0 bridgehead atoms. The first-order chi connectivity index (χ1) is 7.53. The molecule has 1 aliphatic rings. The van der Waals surface area contributed by atoms with E-state index in [1.54, 1.807) is 6.92 Å². The van der Waals surface area contributed by atoms with Crippen LogP contribution < -0.4 is 4.72 Å². The molecule has 96 valence electrons. The van der Waals surface area contributed by atoms with Crippen LogP contribution in [0, 0.1) is 5.92 Å². The van der Waals surface area contributed by atoms with Crippen molar-refractivity contribution in [3.05, 3.63) is 0 Å². The van der Waals surface area contributed by atoms with E-state index in [0.717, 1.165) is 18.9 Å². The monoisotopic (exact) mass is 248 g/mol. The van der Waals surface area contributed by atoms with Crippen LogP contribution >= 0.6 is 0 Å². The maximum Gasteiger partial charge on any atom is 0.211 e.